The summed E-state index contributed by atoms with van der Waals surface area (Å²) in [4.78, 5) is 56.3. The van der Waals surface area contributed by atoms with Crippen molar-refractivity contribution in [2.75, 3.05) is 49.7 Å². The summed E-state index contributed by atoms with van der Waals surface area (Å²) in [5.74, 6) is -2.01. The average molecular weight is 477 g/mol. The minimum absolute atomic E-state index is 0.0204. The van der Waals surface area contributed by atoms with Gasteiger partial charge in [0.1, 0.15) is 17.7 Å². The van der Waals surface area contributed by atoms with E-state index >= 15 is 4.39 Å². The molecule has 2 amide bonds. The molecule has 2 saturated heterocycles. The summed E-state index contributed by atoms with van der Waals surface area (Å²) in [7, 11) is 1.29. The van der Waals surface area contributed by atoms with Crippen LogP contribution in [0.2, 0.25) is 0 Å². The van der Waals surface area contributed by atoms with Crippen LogP contribution in [0.15, 0.2) is 18.2 Å². The smallest absolute Gasteiger partial charge is 0.414 e. The van der Waals surface area contributed by atoms with E-state index in [1.165, 1.54) is 30.1 Å². The van der Waals surface area contributed by atoms with Gasteiger partial charge in [-0.15, -0.1) is 0 Å². The van der Waals surface area contributed by atoms with Gasteiger partial charge in [-0.25, -0.2) is 14.2 Å². The van der Waals surface area contributed by atoms with Crippen molar-refractivity contribution in [1.29, 1.82) is 0 Å². The second-order valence-electron chi connectivity index (χ2n) is 8.73. The first-order valence-corrected chi connectivity index (χ1v) is 11.3. The number of hydrogen-bond acceptors (Lipinski definition) is 8. The number of hydrogen-bond donors (Lipinski definition) is 0. The van der Waals surface area contributed by atoms with Crippen LogP contribution < -0.4 is 9.80 Å². The first-order valence-electron chi connectivity index (χ1n) is 11.3. The van der Waals surface area contributed by atoms with Crippen LogP contribution in [0.4, 0.5) is 20.6 Å². The van der Waals surface area contributed by atoms with E-state index in [-0.39, 0.29) is 31.4 Å². The van der Waals surface area contributed by atoms with Gasteiger partial charge in [-0.3, -0.25) is 19.3 Å². The molecular formula is C23H28FN3O7. The van der Waals surface area contributed by atoms with E-state index in [4.69, 9.17) is 9.57 Å². The highest BCUT2D eigenvalue weighted by Gasteiger charge is 2.51. The number of cyclic esters (lactones) is 1. The Morgan fingerprint density at radius 1 is 1.18 bits per heavy atom. The minimum atomic E-state index is -0.566. The van der Waals surface area contributed by atoms with Crippen molar-refractivity contribution >= 4 is 35.1 Å². The van der Waals surface area contributed by atoms with E-state index in [2.05, 4.69) is 4.74 Å². The number of rotatable bonds is 7. The van der Waals surface area contributed by atoms with Gasteiger partial charge in [0.05, 0.1) is 50.0 Å². The third-order valence-corrected chi connectivity index (χ3v) is 6.31. The van der Waals surface area contributed by atoms with Crippen molar-refractivity contribution in [2.24, 2.45) is 11.8 Å². The second kappa shape index (κ2) is 9.96. The van der Waals surface area contributed by atoms with Gasteiger partial charge in [0.25, 0.3) is 0 Å². The number of ether oxygens (including phenoxy) is 2. The Hall–Kier alpha value is -3.21. The molecule has 2 aliphatic heterocycles. The number of methoxy groups -OCH3 is 1. The van der Waals surface area contributed by atoms with Crippen LogP contribution in [0.1, 0.15) is 26.2 Å². The molecule has 0 aromatic heterocycles. The molecular weight excluding hydrogens is 449 g/mol. The molecule has 1 aliphatic carbocycles. The summed E-state index contributed by atoms with van der Waals surface area (Å²) in [5.41, 5.74) is 0.711. The highest BCUT2D eigenvalue weighted by atomic mass is 19.1. The topological polar surface area (TPSA) is 106 Å². The normalized spacial score (nSPS) is 24.5. The third-order valence-electron chi connectivity index (χ3n) is 6.31. The van der Waals surface area contributed by atoms with Crippen molar-refractivity contribution in [3.63, 3.8) is 0 Å². The van der Waals surface area contributed by atoms with Crippen LogP contribution in [0, 0.1) is 17.7 Å². The Kier molecular flexibility index (Phi) is 7.01. The molecule has 10 nitrogen and oxygen atoms in total. The van der Waals surface area contributed by atoms with Crippen molar-refractivity contribution in [3.05, 3.63) is 24.0 Å². The lowest BCUT2D eigenvalue weighted by Crippen LogP contribution is -2.36. The molecule has 34 heavy (non-hydrogen) atoms. The van der Waals surface area contributed by atoms with Gasteiger partial charge in [0.15, 0.2) is 0 Å². The van der Waals surface area contributed by atoms with Crippen LogP contribution in [0.5, 0.6) is 0 Å². The van der Waals surface area contributed by atoms with Gasteiger partial charge in [0, 0.05) is 19.5 Å². The molecule has 3 fully saturated rings. The van der Waals surface area contributed by atoms with E-state index < -0.39 is 35.8 Å². The Morgan fingerprint density at radius 2 is 1.97 bits per heavy atom. The molecule has 1 aromatic carbocycles. The molecule has 0 spiro atoms. The zero-order valence-corrected chi connectivity index (χ0v) is 19.2. The van der Waals surface area contributed by atoms with Crippen LogP contribution in [-0.4, -0.2) is 74.8 Å². The molecule has 0 radical (unpaired) electrons. The maximum absolute atomic E-state index is 15.0. The van der Waals surface area contributed by atoms with Crippen LogP contribution in [0.3, 0.4) is 0 Å². The molecule has 1 saturated carbocycles. The van der Waals surface area contributed by atoms with E-state index in [0.717, 1.165) is 0 Å². The third kappa shape index (κ3) is 5.14. The van der Waals surface area contributed by atoms with E-state index in [1.54, 1.807) is 17.0 Å². The number of nitrogens with zero attached hydrogens (tertiary/aromatic N) is 3. The molecule has 2 heterocycles. The quantitative estimate of drug-likeness (QED) is 0.549. The molecule has 2 unspecified atom stereocenters. The number of hydroxylamine groups is 2. The number of carbonyl (C=O) groups excluding carboxylic acids is 4. The lowest BCUT2D eigenvalue weighted by atomic mass is 10.1. The van der Waals surface area contributed by atoms with Crippen molar-refractivity contribution < 1.29 is 37.9 Å². The van der Waals surface area contributed by atoms with Gasteiger partial charge >= 0.3 is 12.1 Å². The van der Waals surface area contributed by atoms with Crippen molar-refractivity contribution in [1.82, 2.24) is 5.06 Å². The molecule has 184 valence electrons. The number of halogens is 1. The summed E-state index contributed by atoms with van der Waals surface area (Å²) in [6.07, 6.45) is 0.223. The van der Waals surface area contributed by atoms with Crippen LogP contribution >= 0.6 is 0 Å². The number of anilines is 2. The number of esters is 1. The maximum Gasteiger partial charge on any atom is 0.414 e. The highest BCUT2D eigenvalue weighted by Crippen LogP contribution is 2.41. The summed E-state index contributed by atoms with van der Waals surface area (Å²) in [5, 5.41) is 1.25. The molecule has 3 atom stereocenters. The predicted molar refractivity (Wildman–Crippen MR) is 117 cm³/mol. The molecule has 1 aromatic rings. The lowest BCUT2D eigenvalue weighted by Gasteiger charge is -2.24. The van der Waals surface area contributed by atoms with Crippen LogP contribution in [0.25, 0.3) is 0 Å². The number of ketones is 1. The first-order chi connectivity index (χ1) is 16.3. The zero-order valence-electron chi connectivity index (χ0n) is 19.2. The first kappa shape index (κ1) is 23.9. The summed E-state index contributed by atoms with van der Waals surface area (Å²) >= 11 is 0. The SMILES string of the molecule is COC(=O)C1CC1C(=O)N1CCN(c2ccc(N3C[C@H](CCC(C)=O)OC3=O)cc2F)CCO1. The van der Waals surface area contributed by atoms with Gasteiger partial charge in [-0.1, -0.05) is 0 Å². The van der Waals surface area contributed by atoms with Gasteiger partial charge < -0.3 is 19.2 Å². The van der Waals surface area contributed by atoms with E-state index in [9.17, 15) is 19.2 Å². The van der Waals surface area contributed by atoms with Gasteiger partial charge in [-0.05, 0) is 38.0 Å². The highest BCUT2D eigenvalue weighted by molar-refractivity contribution is 5.90. The summed E-state index contributed by atoms with van der Waals surface area (Å²) < 4.78 is 25.0. The van der Waals surface area contributed by atoms with Gasteiger partial charge in [0.2, 0.25) is 5.91 Å². The van der Waals surface area contributed by atoms with Crippen molar-refractivity contribution in [3.8, 4) is 0 Å². The second-order valence-corrected chi connectivity index (χ2v) is 8.73. The molecule has 4 rings (SSSR count). The number of amides is 2. The largest absolute Gasteiger partial charge is 0.469 e. The minimum Gasteiger partial charge on any atom is -0.469 e. The number of Topliss-reactive ketones (excluding diaryl/α,β-unsaturated/α-hetero) is 1. The van der Waals surface area contributed by atoms with E-state index in [1.807, 2.05) is 0 Å². The lowest BCUT2D eigenvalue weighted by molar-refractivity contribution is -0.184. The molecule has 0 N–H and O–H groups in total. The molecule has 11 heteroatoms. The average Bonchev–Trinajstić information content (AvgIpc) is 3.57. The standard InChI is InChI=1S/C23H28FN3O7/c1-14(28)3-5-16-13-26(23(31)34-16)15-4-6-20(19(24)11-15)25-7-8-27(33-10-9-25)21(29)17-12-18(17)22(30)32-2/h4,6,11,16-18H,3,5,7-10,12-13H2,1-2H3/t16-,17?,18?/m0/s1. The monoisotopic (exact) mass is 477 g/mol. The maximum atomic E-state index is 15.0. The number of carbonyl (C=O) groups is 4. The zero-order chi connectivity index (χ0) is 24.4. The van der Waals surface area contributed by atoms with Crippen LogP contribution in [-0.2, 0) is 28.7 Å². The van der Waals surface area contributed by atoms with Gasteiger partial charge in [-0.2, -0.15) is 0 Å². The van der Waals surface area contributed by atoms with Crippen molar-refractivity contribution in [2.45, 2.75) is 32.3 Å². The molecule has 0 bridgehead atoms. The van der Waals surface area contributed by atoms with E-state index in [0.29, 0.717) is 43.7 Å². The Labute approximate surface area is 196 Å². The Balaban J connectivity index is 1.36. The summed E-state index contributed by atoms with van der Waals surface area (Å²) in [6, 6.07) is 4.52. The predicted octanol–water partition coefficient (Wildman–Crippen LogP) is 1.91. The summed E-state index contributed by atoms with van der Waals surface area (Å²) in [6.45, 7) is 2.85. The fraction of sp³-hybridized carbons (Fsp3) is 0.565. The fourth-order valence-electron chi connectivity index (χ4n) is 4.30. The Bertz CT molecular complexity index is 987. The molecule has 3 aliphatic rings. The fourth-order valence-corrected chi connectivity index (χ4v) is 4.30. The number of benzene rings is 1. The Morgan fingerprint density at radius 3 is 2.68 bits per heavy atom.